The average Bonchev–Trinajstić information content (AvgIpc) is 2.09. The Hall–Kier alpha value is -1.47. The summed E-state index contributed by atoms with van der Waals surface area (Å²) in [6, 6.07) is 4.56. The number of halogens is 2. The first-order valence-electron chi connectivity index (χ1n) is 3.63. The normalized spacial score (nSPS) is 14.7. The molecule has 4 heteroatoms. The van der Waals surface area contributed by atoms with Crippen molar-refractivity contribution in [3.63, 3.8) is 0 Å². The SMILES string of the molecule is C[C@@](N)(C#N)c1cc(F)ccc1F. The fourth-order valence-electron chi connectivity index (χ4n) is 0.956. The van der Waals surface area contributed by atoms with Gasteiger partial charge in [0.05, 0.1) is 6.07 Å². The molecule has 68 valence electrons. The van der Waals surface area contributed by atoms with Crippen LogP contribution in [0.15, 0.2) is 18.2 Å². The maximum Gasteiger partial charge on any atom is 0.129 e. The van der Waals surface area contributed by atoms with Gasteiger partial charge >= 0.3 is 0 Å². The molecule has 1 aromatic rings. The van der Waals surface area contributed by atoms with Gasteiger partial charge in [-0.05, 0) is 25.1 Å². The van der Waals surface area contributed by atoms with Crippen LogP contribution in [0.3, 0.4) is 0 Å². The van der Waals surface area contributed by atoms with Crippen LogP contribution < -0.4 is 5.73 Å². The highest BCUT2D eigenvalue weighted by Gasteiger charge is 2.24. The fraction of sp³-hybridized carbons (Fsp3) is 0.222. The summed E-state index contributed by atoms with van der Waals surface area (Å²) in [6.45, 7) is 1.32. The van der Waals surface area contributed by atoms with Crippen molar-refractivity contribution < 1.29 is 8.78 Å². The molecule has 0 saturated carbocycles. The van der Waals surface area contributed by atoms with Gasteiger partial charge in [-0.3, -0.25) is 0 Å². The third-order valence-corrected chi connectivity index (χ3v) is 1.72. The van der Waals surface area contributed by atoms with Crippen LogP contribution in [-0.2, 0) is 5.54 Å². The molecule has 0 unspecified atom stereocenters. The van der Waals surface area contributed by atoms with E-state index in [2.05, 4.69) is 0 Å². The van der Waals surface area contributed by atoms with E-state index in [1.54, 1.807) is 6.07 Å². The molecule has 1 aromatic carbocycles. The molecule has 2 N–H and O–H groups in total. The summed E-state index contributed by atoms with van der Waals surface area (Å²) in [7, 11) is 0. The summed E-state index contributed by atoms with van der Waals surface area (Å²) in [4.78, 5) is 0. The molecule has 1 rings (SSSR count). The molecule has 0 radical (unpaired) electrons. The topological polar surface area (TPSA) is 49.8 Å². The second-order valence-corrected chi connectivity index (χ2v) is 2.94. The lowest BCUT2D eigenvalue weighted by Gasteiger charge is -2.16. The predicted octanol–water partition coefficient (Wildman–Crippen LogP) is 1.66. The van der Waals surface area contributed by atoms with Crippen molar-refractivity contribution in [1.82, 2.24) is 0 Å². The van der Waals surface area contributed by atoms with E-state index >= 15 is 0 Å². The number of benzene rings is 1. The molecule has 2 nitrogen and oxygen atoms in total. The number of nitrogens with zero attached hydrogens (tertiary/aromatic N) is 1. The molecule has 0 heterocycles. The lowest BCUT2D eigenvalue weighted by molar-refractivity contribution is 0.536. The molecule has 0 bridgehead atoms. The fourth-order valence-corrected chi connectivity index (χ4v) is 0.956. The quantitative estimate of drug-likeness (QED) is 0.718. The van der Waals surface area contributed by atoms with E-state index in [-0.39, 0.29) is 5.56 Å². The van der Waals surface area contributed by atoms with Crippen molar-refractivity contribution in [2.45, 2.75) is 12.5 Å². The zero-order chi connectivity index (χ0) is 10.1. The molecule has 13 heavy (non-hydrogen) atoms. The zero-order valence-electron chi connectivity index (χ0n) is 7.01. The van der Waals surface area contributed by atoms with E-state index < -0.39 is 17.2 Å². The van der Waals surface area contributed by atoms with Gasteiger partial charge < -0.3 is 5.73 Å². The van der Waals surface area contributed by atoms with Crippen LogP contribution >= 0.6 is 0 Å². The predicted molar refractivity (Wildman–Crippen MR) is 43.5 cm³/mol. The van der Waals surface area contributed by atoms with E-state index in [1.165, 1.54) is 6.92 Å². The Balaban J connectivity index is 3.30. The van der Waals surface area contributed by atoms with Gasteiger partial charge in [0, 0.05) is 5.56 Å². The number of nitrogens with two attached hydrogens (primary N) is 1. The minimum Gasteiger partial charge on any atom is -0.310 e. The van der Waals surface area contributed by atoms with Crippen molar-refractivity contribution in [2.24, 2.45) is 5.73 Å². The number of nitriles is 1. The Morgan fingerprint density at radius 2 is 2.08 bits per heavy atom. The number of rotatable bonds is 1. The van der Waals surface area contributed by atoms with E-state index in [4.69, 9.17) is 11.0 Å². The molecule has 0 aromatic heterocycles. The first-order chi connectivity index (χ1) is 5.97. The Morgan fingerprint density at radius 1 is 1.46 bits per heavy atom. The molecule has 0 aliphatic heterocycles. The summed E-state index contributed by atoms with van der Waals surface area (Å²) in [5.41, 5.74) is 3.82. The molecule has 0 aliphatic rings. The molecule has 0 saturated heterocycles. The molecule has 0 fully saturated rings. The zero-order valence-corrected chi connectivity index (χ0v) is 7.01. The molecule has 0 aliphatic carbocycles. The Kier molecular flexibility index (Phi) is 2.30. The highest BCUT2D eigenvalue weighted by atomic mass is 19.1. The van der Waals surface area contributed by atoms with E-state index in [9.17, 15) is 8.78 Å². The Morgan fingerprint density at radius 3 is 2.62 bits per heavy atom. The van der Waals surface area contributed by atoms with Gasteiger partial charge in [0.25, 0.3) is 0 Å². The summed E-state index contributed by atoms with van der Waals surface area (Å²) < 4.78 is 25.7. The molecular formula is C9H8F2N2. The molecule has 0 spiro atoms. The minimum atomic E-state index is -1.49. The van der Waals surface area contributed by atoms with Crippen LogP contribution in [0.1, 0.15) is 12.5 Å². The molecular weight excluding hydrogens is 174 g/mol. The number of hydrogen-bond acceptors (Lipinski definition) is 2. The highest BCUT2D eigenvalue weighted by molar-refractivity contribution is 5.31. The van der Waals surface area contributed by atoms with Crippen LogP contribution in [0, 0.1) is 23.0 Å². The van der Waals surface area contributed by atoms with Crippen molar-refractivity contribution >= 4 is 0 Å². The Labute approximate surface area is 74.6 Å². The monoisotopic (exact) mass is 182 g/mol. The van der Waals surface area contributed by atoms with Crippen molar-refractivity contribution in [2.75, 3.05) is 0 Å². The summed E-state index contributed by atoms with van der Waals surface area (Å²) in [5.74, 6) is -1.28. The van der Waals surface area contributed by atoms with Crippen LogP contribution in [0.4, 0.5) is 8.78 Å². The third-order valence-electron chi connectivity index (χ3n) is 1.72. The summed E-state index contributed by atoms with van der Waals surface area (Å²) in [5, 5.41) is 8.60. The molecule has 1 atom stereocenters. The van der Waals surface area contributed by atoms with Gasteiger partial charge in [0.2, 0.25) is 0 Å². The van der Waals surface area contributed by atoms with Crippen LogP contribution in [0.25, 0.3) is 0 Å². The molecule has 0 amide bonds. The Bertz CT molecular complexity index is 366. The second-order valence-electron chi connectivity index (χ2n) is 2.94. The smallest absolute Gasteiger partial charge is 0.129 e. The van der Waals surface area contributed by atoms with Gasteiger partial charge in [-0.2, -0.15) is 5.26 Å². The highest BCUT2D eigenvalue weighted by Crippen LogP contribution is 2.20. The number of hydrogen-bond donors (Lipinski definition) is 1. The lowest BCUT2D eigenvalue weighted by atomic mass is 9.94. The van der Waals surface area contributed by atoms with Crippen molar-refractivity contribution in [1.29, 1.82) is 5.26 Å². The minimum absolute atomic E-state index is 0.130. The van der Waals surface area contributed by atoms with E-state index in [0.717, 1.165) is 18.2 Å². The van der Waals surface area contributed by atoms with Gasteiger partial charge in [-0.1, -0.05) is 0 Å². The van der Waals surface area contributed by atoms with Gasteiger partial charge in [-0.25, -0.2) is 8.78 Å². The van der Waals surface area contributed by atoms with Crippen molar-refractivity contribution in [3.05, 3.63) is 35.4 Å². The van der Waals surface area contributed by atoms with Gasteiger partial charge in [0.1, 0.15) is 17.2 Å². The standard InChI is InChI=1S/C9H8F2N2/c1-9(13,5-12)7-4-6(10)2-3-8(7)11/h2-4H,13H2,1H3/t9-/m1/s1. The van der Waals surface area contributed by atoms with Crippen molar-refractivity contribution in [3.8, 4) is 6.07 Å². The van der Waals surface area contributed by atoms with Gasteiger partial charge in [-0.15, -0.1) is 0 Å². The maximum absolute atomic E-state index is 13.1. The maximum atomic E-state index is 13.1. The first kappa shape index (κ1) is 9.62. The largest absolute Gasteiger partial charge is 0.310 e. The first-order valence-corrected chi connectivity index (χ1v) is 3.63. The second kappa shape index (κ2) is 3.11. The average molecular weight is 182 g/mol. The van der Waals surface area contributed by atoms with Crippen LogP contribution in [-0.4, -0.2) is 0 Å². The lowest BCUT2D eigenvalue weighted by Crippen LogP contribution is -2.32. The van der Waals surface area contributed by atoms with E-state index in [1.807, 2.05) is 0 Å². The summed E-state index contributed by atoms with van der Waals surface area (Å²) >= 11 is 0. The third kappa shape index (κ3) is 1.82. The van der Waals surface area contributed by atoms with Crippen LogP contribution in [0.2, 0.25) is 0 Å². The van der Waals surface area contributed by atoms with E-state index in [0.29, 0.717) is 0 Å². The summed E-state index contributed by atoms with van der Waals surface area (Å²) in [6.07, 6.45) is 0. The van der Waals surface area contributed by atoms with Gasteiger partial charge in [0.15, 0.2) is 0 Å². The van der Waals surface area contributed by atoms with Crippen LogP contribution in [0.5, 0.6) is 0 Å².